The average Bonchev–Trinajstić information content (AvgIpc) is 3.77. The summed E-state index contributed by atoms with van der Waals surface area (Å²) < 4.78 is 21.8. The number of hydrogen-bond acceptors (Lipinski definition) is 4. The van der Waals surface area contributed by atoms with Gasteiger partial charge in [-0.25, -0.2) is 14.4 Å². The van der Waals surface area contributed by atoms with Crippen LogP contribution in [-0.2, 0) is 5.41 Å². The van der Waals surface area contributed by atoms with Gasteiger partial charge in [-0.1, -0.05) is 98.8 Å². The van der Waals surface area contributed by atoms with E-state index >= 15 is 4.39 Å². The smallest absolute Gasteiger partial charge is 0.150 e. The van der Waals surface area contributed by atoms with Crippen LogP contribution in [0.2, 0.25) is 0 Å². The van der Waals surface area contributed by atoms with Crippen molar-refractivity contribution < 1.29 is 4.39 Å². The molecule has 10 aromatic rings. The Hall–Kier alpha value is -6.11. The van der Waals surface area contributed by atoms with Crippen LogP contribution < -0.4 is 4.90 Å². The predicted octanol–water partition coefficient (Wildman–Crippen LogP) is 12.7. The number of fused-ring (bicyclic) bond motifs is 14. The molecule has 248 valence electrons. The second-order valence-corrected chi connectivity index (χ2v) is 15.4. The summed E-state index contributed by atoms with van der Waals surface area (Å²) in [6, 6.07) is 47.8. The largest absolute Gasteiger partial charge is 0.294 e. The summed E-state index contributed by atoms with van der Waals surface area (Å²) in [6.07, 6.45) is 0.501. The molecule has 11 rings (SSSR count). The Morgan fingerprint density at radius 3 is 2.33 bits per heavy atom. The van der Waals surface area contributed by atoms with Crippen molar-refractivity contribution in [2.45, 2.75) is 25.4 Å². The van der Waals surface area contributed by atoms with Crippen molar-refractivity contribution in [1.29, 1.82) is 0 Å². The zero-order valence-corrected chi connectivity index (χ0v) is 29.3. The summed E-state index contributed by atoms with van der Waals surface area (Å²) in [5.74, 6) is 0.877. The molecule has 1 atom stereocenters. The highest BCUT2D eigenvalue weighted by Crippen LogP contribution is 2.55. The summed E-state index contributed by atoms with van der Waals surface area (Å²) in [7, 11) is 0. The Labute approximate surface area is 303 Å². The molecule has 0 fully saturated rings. The lowest BCUT2D eigenvalue weighted by molar-refractivity contribution is 0.402. The van der Waals surface area contributed by atoms with Crippen LogP contribution >= 0.6 is 11.3 Å². The molecule has 4 nitrogen and oxygen atoms in total. The second kappa shape index (κ2) is 10.7. The Balaban J connectivity index is 1.11. The van der Waals surface area contributed by atoms with Crippen molar-refractivity contribution >= 4 is 87.1 Å². The minimum atomic E-state index is -1.36. The van der Waals surface area contributed by atoms with Gasteiger partial charge < -0.3 is 0 Å². The minimum Gasteiger partial charge on any atom is -0.294 e. The van der Waals surface area contributed by atoms with Gasteiger partial charge in [0.05, 0.1) is 22.2 Å². The number of hydrogen-bond donors (Lipinski definition) is 0. The molecule has 1 unspecified atom stereocenters. The minimum absolute atomic E-state index is 0.287. The van der Waals surface area contributed by atoms with E-state index in [9.17, 15) is 0 Å². The second-order valence-electron chi connectivity index (χ2n) is 14.3. The number of thiophene rings is 1. The van der Waals surface area contributed by atoms with Gasteiger partial charge in [-0.05, 0) is 76.7 Å². The molecule has 52 heavy (non-hydrogen) atoms. The van der Waals surface area contributed by atoms with Gasteiger partial charge in [0, 0.05) is 53.8 Å². The van der Waals surface area contributed by atoms with Crippen LogP contribution in [0, 0.1) is 0 Å². The lowest BCUT2D eigenvalue weighted by Gasteiger charge is -2.41. The lowest BCUT2D eigenvalue weighted by atomic mass is 9.74. The van der Waals surface area contributed by atoms with Gasteiger partial charge in [0.25, 0.3) is 0 Å². The standard InChI is InChI=1S/C46H31FN4S/c1-46(2)34-22-23-40-41(32-14-4-8-19-39(32)52-40)43(34)50(45-35(46)15-10-24-48-45)29-12-9-11-27(25-29)42(47)28-20-21-30-31-13-3-6-17-37(31)51-38-18-7-5-16-36(38)49-44(51)33(30)26-28/h3-26,42H,1-2H3. The molecule has 0 saturated carbocycles. The molecule has 0 amide bonds. The topological polar surface area (TPSA) is 33.4 Å². The van der Waals surface area contributed by atoms with Gasteiger partial charge in [-0.2, -0.15) is 0 Å². The summed E-state index contributed by atoms with van der Waals surface area (Å²) in [4.78, 5) is 12.3. The molecule has 6 heteroatoms. The number of rotatable bonds is 3. The number of alkyl halides is 1. The van der Waals surface area contributed by atoms with Gasteiger partial charge in [0.1, 0.15) is 11.5 Å². The van der Waals surface area contributed by atoms with Gasteiger partial charge >= 0.3 is 0 Å². The first-order valence-corrected chi connectivity index (χ1v) is 18.4. The number of para-hydroxylation sites is 3. The van der Waals surface area contributed by atoms with Crippen molar-refractivity contribution in [2.75, 3.05) is 4.90 Å². The van der Waals surface area contributed by atoms with Gasteiger partial charge in [-0.3, -0.25) is 9.30 Å². The fourth-order valence-corrected chi connectivity index (χ4v) is 9.71. The van der Waals surface area contributed by atoms with Gasteiger partial charge in [0.15, 0.2) is 6.17 Å². The molecule has 0 radical (unpaired) electrons. The first-order chi connectivity index (χ1) is 25.5. The molecule has 5 heterocycles. The highest BCUT2D eigenvalue weighted by molar-refractivity contribution is 7.26. The number of nitrogens with zero attached hydrogens (tertiary/aromatic N) is 4. The summed E-state index contributed by atoms with van der Waals surface area (Å²) in [5.41, 5.74) is 9.14. The highest BCUT2D eigenvalue weighted by Gasteiger charge is 2.39. The zero-order valence-electron chi connectivity index (χ0n) is 28.5. The quantitative estimate of drug-likeness (QED) is 0.173. The lowest BCUT2D eigenvalue weighted by Crippen LogP contribution is -2.31. The van der Waals surface area contributed by atoms with E-state index < -0.39 is 6.17 Å². The summed E-state index contributed by atoms with van der Waals surface area (Å²) in [5, 5.41) is 5.54. The molecule has 4 aromatic heterocycles. The average molecular weight is 691 g/mol. The van der Waals surface area contributed by atoms with Crippen LogP contribution in [0.4, 0.5) is 21.6 Å². The van der Waals surface area contributed by atoms with E-state index in [1.165, 1.54) is 25.7 Å². The molecule has 0 saturated heterocycles. The molecular weight excluding hydrogens is 660 g/mol. The number of imidazole rings is 1. The summed E-state index contributed by atoms with van der Waals surface area (Å²) in [6.45, 7) is 4.56. The Kier molecular flexibility index (Phi) is 6.09. The fourth-order valence-electron chi connectivity index (χ4n) is 8.60. The third-order valence-electron chi connectivity index (χ3n) is 11.1. The van der Waals surface area contributed by atoms with E-state index in [4.69, 9.17) is 9.97 Å². The monoisotopic (exact) mass is 690 g/mol. The molecule has 0 bridgehead atoms. The highest BCUT2D eigenvalue weighted by atomic mass is 32.1. The number of pyridine rings is 2. The Morgan fingerprint density at radius 2 is 1.42 bits per heavy atom. The van der Waals surface area contributed by atoms with Crippen LogP contribution in [-0.4, -0.2) is 14.4 Å². The van der Waals surface area contributed by atoms with Crippen molar-refractivity contribution in [1.82, 2.24) is 14.4 Å². The first kappa shape index (κ1) is 29.6. The van der Waals surface area contributed by atoms with E-state index in [1.807, 2.05) is 72.1 Å². The van der Waals surface area contributed by atoms with Crippen LogP contribution in [0.15, 0.2) is 146 Å². The Bertz CT molecular complexity index is 3100. The van der Waals surface area contributed by atoms with Crippen molar-refractivity contribution in [3.63, 3.8) is 0 Å². The summed E-state index contributed by atoms with van der Waals surface area (Å²) >= 11 is 1.81. The van der Waals surface area contributed by atoms with Gasteiger partial charge in [-0.15, -0.1) is 11.3 Å². The van der Waals surface area contributed by atoms with E-state index in [-0.39, 0.29) is 5.41 Å². The van der Waals surface area contributed by atoms with E-state index in [0.717, 1.165) is 61.1 Å². The van der Waals surface area contributed by atoms with E-state index in [2.05, 4.69) is 108 Å². The molecule has 1 aliphatic rings. The fraction of sp³-hybridized carbons (Fsp3) is 0.0870. The molecule has 0 spiro atoms. The van der Waals surface area contributed by atoms with Gasteiger partial charge in [0.2, 0.25) is 0 Å². The normalized spacial score (nSPS) is 14.5. The van der Waals surface area contributed by atoms with Crippen molar-refractivity contribution in [3.8, 4) is 0 Å². The molecular formula is C46H31FN4S. The maximum Gasteiger partial charge on any atom is 0.150 e. The number of aromatic nitrogens is 3. The zero-order chi connectivity index (χ0) is 34.7. The van der Waals surface area contributed by atoms with E-state index in [0.29, 0.717) is 11.1 Å². The van der Waals surface area contributed by atoms with Crippen LogP contribution in [0.3, 0.4) is 0 Å². The maximum absolute atomic E-state index is 17.1. The Morgan fingerprint density at radius 1 is 0.635 bits per heavy atom. The van der Waals surface area contributed by atoms with E-state index in [1.54, 1.807) is 0 Å². The predicted molar refractivity (Wildman–Crippen MR) is 215 cm³/mol. The molecule has 0 N–H and O–H groups in total. The number of anilines is 3. The molecule has 6 aromatic carbocycles. The molecule has 1 aliphatic heterocycles. The van der Waals surface area contributed by atoms with Crippen LogP contribution in [0.25, 0.3) is 58.5 Å². The molecule has 0 aliphatic carbocycles. The first-order valence-electron chi connectivity index (χ1n) is 17.6. The third kappa shape index (κ3) is 4.01. The van der Waals surface area contributed by atoms with Crippen LogP contribution in [0.1, 0.15) is 42.3 Å². The van der Waals surface area contributed by atoms with Crippen LogP contribution in [0.5, 0.6) is 0 Å². The van der Waals surface area contributed by atoms with Crippen molar-refractivity contribution in [2.24, 2.45) is 0 Å². The third-order valence-corrected chi connectivity index (χ3v) is 12.2. The van der Waals surface area contributed by atoms with Crippen molar-refractivity contribution in [3.05, 3.63) is 168 Å². The number of benzene rings is 6. The maximum atomic E-state index is 17.1. The number of halogens is 1. The SMILES string of the molecule is CC1(C)c2cccnc2N(c2cccc(C(F)c3ccc4c5ccccc5n5c6ccccc6nc5c4c3)c2)c2c1ccc1sc3ccccc3c21.